The Balaban J connectivity index is 1.33. The minimum atomic E-state index is -4.42. The van der Waals surface area contributed by atoms with Gasteiger partial charge in [0.05, 0.1) is 17.0 Å². The van der Waals surface area contributed by atoms with Crippen molar-refractivity contribution in [3.05, 3.63) is 63.4 Å². The fourth-order valence-corrected chi connectivity index (χ4v) is 4.80. The number of hydrogen-bond acceptors (Lipinski definition) is 4. The molecule has 0 bridgehead atoms. The number of rotatable bonds is 4. The second-order valence-electron chi connectivity index (χ2n) is 7.48. The van der Waals surface area contributed by atoms with Gasteiger partial charge in [-0.2, -0.15) is 13.2 Å². The van der Waals surface area contributed by atoms with Crippen molar-refractivity contribution in [1.82, 2.24) is 9.80 Å². The summed E-state index contributed by atoms with van der Waals surface area (Å²) in [6.07, 6.45) is -4.42. The third kappa shape index (κ3) is 5.31. The number of hydrogen-bond donors (Lipinski definition) is 1. The number of halogens is 4. The summed E-state index contributed by atoms with van der Waals surface area (Å²) in [5.74, 6) is -0.323. The van der Waals surface area contributed by atoms with Gasteiger partial charge in [-0.3, -0.25) is 14.5 Å². The summed E-state index contributed by atoms with van der Waals surface area (Å²) in [6, 6.07) is 12.3. The highest BCUT2D eigenvalue weighted by Crippen LogP contribution is 2.34. The number of piperazine rings is 1. The van der Waals surface area contributed by atoms with Crippen molar-refractivity contribution in [2.75, 3.05) is 38.0 Å². The Labute approximate surface area is 194 Å². The van der Waals surface area contributed by atoms with Crippen LogP contribution in [0.1, 0.15) is 15.2 Å². The van der Waals surface area contributed by atoms with E-state index in [1.165, 1.54) is 23.5 Å². The maximum Gasteiger partial charge on any atom is 0.416 e. The van der Waals surface area contributed by atoms with E-state index in [4.69, 9.17) is 0 Å². The SMILES string of the molecule is O=C(CN1CCN(C(=O)c2cc3cc(C(F)(F)F)ccc3s2)CC1)Nc1ccc(Br)cc1. The lowest BCUT2D eigenvalue weighted by molar-refractivity contribution is -0.137. The summed E-state index contributed by atoms with van der Waals surface area (Å²) < 4.78 is 40.4. The molecule has 0 unspecified atom stereocenters. The summed E-state index contributed by atoms with van der Waals surface area (Å²) in [5, 5.41) is 3.26. The van der Waals surface area contributed by atoms with Crippen LogP contribution in [0.4, 0.5) is 18.9 Å². The van der Waals surface area contributed by atoms with E-state index >= 15 is 0 Å². The molecule has 1 fully saturated rings. The number of carbonyl (C=O) groups is 2. The highest BCUT2D eigenvalue weighted by atomic mass is 79.9. The predicted octanol–water partition coefficient (Wildman–Crippen LogP) is 5.08. The van der Waals surface area contributed by atoms with Crippen molar-refractivity contribution in [2.45, 2.75) is 6.18 Å². The fraction of sp³-hybridized carbons (Fsp3) is 0.273. The normalized spacial score (nSPS) is 15.2. The summed E-state index contributed by atoms with van der Waals surface area (Å²) in [6.45, 7) is 2.21. The van der Waals surface area contributed by atoms with E-state index in [0.29, 0.717) is 46.8 Å². The Kier molecular flexibility index (Phi) is 6.55. The molecule has 168 valence electrons. The number of amides is 2. The molecule has 0 radical (unpaired) electrons. The first-order valence-electron chi connectivity index (χ1n) is 9.87. The topological polar surface area (TPSA) is 52.7 Å². The summed E-state index contributed by atoms with van der Waals surface area (Å²) in [5.41, 5.74) is -0.0118. The molecule has 32 heavy (non-hydrogen) atoms. The third-order valence-corrected chi connectivity index (χ3v) is 6.84. The van der Waals surface area contributed by atoms with Crippen LogP contribution in [0.25, 0.3) is 10.1 Å². The van der Waals surface area contributed by atoms with Gasteiger partial charge in [-0.15, -0.1) is 11.3 Å². The number of benzene rings is 2. The Morgan fingerprint density at radius 3 is 2.34 bits per heavy atom. The molecule has 2 heterocycles. The molecule has 0 saturated carbocycles. The molecular weight excluding hydrogens is 507 g/mol. The average Bonchev–Trinajstić information content (AvgIpc) is 3.18. The molecule has 10 heteroatoms. The Bertz CT molecular complexity index is 1140. The van der Waals surface area contributed by atoms with Crippen LogP contribution >= 0.6 is 27.3 Å². The van der Waals surface area contributed by atoms with Gasteiger partial charge in [0.2, 0.25) is 5.91 Å². The highest BCUT2D eigenvalue weighted by molar-refractivity contribution is 9.10. The second kappa shape index (κ2) is 9.21. The molecule has 3 aromatic rings. The van der Waals surface area contributed by atoms with Crippen LogP contribution in [0.5, 0.6) is 0 Å². The van der Waals surface area contributed by atoms with E-state index in [2.05, 4.69) is 21.2 Å². The van der Waals surface area contributed by atoms with Crippen molar-refractivity contribution < 1.29 is 22.8 Å². The maximum atomic E-state index is 12.9. The van der Waals surface area contributed by atoms with E-state index in [9.17, 15) is 22.8 Å². The van der Waals surface area contributed by atoms with Crippen molar-refractivity contribution in [1.29, 1.82) is 0 Å². The molecule has 2 amide bonds. The summed E-state index contributed by atoms with van der Waals surface area (Å²) >= 11 is 4.54. The van der Waals surface area contributed by atoms with Crippen LogP contribution in [0.15, 0.2) is 53.0 Å². The van der Waals surface area contributed by atoms with Crippen molar-refractivity contribution in [3.8, 4) is 0 Å². The summed E-state index contributed by atoms with van der Waals surface area (Å²) in [7, 11) is 0. The predicted molar refractivity (Wildman–Crippen MR) is 122 cm³/mol. The lowest BCUT2D eigenvalue weighted by Crippen LogP contribution is -2.50. The van der Waals surface area contributed by atoms with Gasteiger partial charge in [0.1, 0.15) is 0 Å². The fourth-order valence-electron chi connectivity index (χ4n) is 3.53. The zero-order chi connectivity index (χ0) is 22.9. The lowest BCUT2D eigenvalue weighted by Gasteiger charge is -2.34. The first kappa shape index (κ1) is 22.8. The summed E-state index contributed by atoms with van der Waals surface area (Å²) in [4.78, 5) is 29.2. The van der Waals surface area contributed by atoms with Crippen molar-refractivity contribution in [3.63, 3.8) is 0 Å². The minimum Gasteiger partial charge on any atom is -0.335 e. The number of nitrogens with one attached hydrogen (secondary N) is 1. The number of thiophene rings is 1. The number of anilines is 1. The molecule has 5 nitrogen and oxygen atoms in total. The van der Waals surface area contributed by atoms with Gasteiger partial charge in [-0.1, -0.05) is 15.9 Å². The van der Waals surface area contributed by atoms with E-state index in [0.717, 1.165) is 16.6 Å². The number of alkyl halides is 3. The van der Waals surface area contributed by atoms with Crippen molar-refractivity contribution in [2.24, 2.45) is 0 Å². The number of nitrogens with zero attached hydrogens (tertiary/aromatic N) is 2. The quantitative estimate of drug-likeness (QED) is 0.516. The Morgan fingerprint density at radius 1 is 1.00 bits per heavy atom. The van der Waals surface area contributed by atoms with Crippen molar-refractivity contribution >= 4 is 54.9 Å². The molecule has 4 rings (SSSR count). The zero-order valence-corrected chi connectivity index (χ0v) is 19.2. The van der Waals surface area contributed by atoms with Gasteiger partial charge in [0.25, 0.3) is 5.91 Å². The van der Waals surface area contributed by atoms with Gasteiger partial charge >= 0.3 is 6.18 Å². The first-order valence-corrected chi connectivity index (χ1v) is 11.5. The van der Waals surface area contributed by atoms with Crippen LogP contribution < -0.4 is 5.32 Å². The van der Waals surface area contributed by atoms with Gasteiger partial charge in [-0.25, -0.2) is 0 Å². The molecule has 0 aliphatic carbocycles. The smallest absolute Gasteiger partial charge is 0.335 e. The molecule has 0 atom stereocenters. The first-order chi connectivity index (χ1) is 15.2. The lowest BCUT2D eigenvalue weighted by atomic mass is 10.1. The molecule has 1 aromatic heterocycles. The zero-order valence-electron chi connectivity index (χ0n) is 16.8. The van der Waals surface area contributed by atoms with Crippen LogP contribution in [0.3, 0.4) is 0 Å². The highest BCUT2D eigenvalue weighted by Gasteiger charge is 2.31. The number of carbonyl (C=O) groups excluding carboxylic acids is 2. The maximum absolute atomic E-state index is 12.9. The molecular formula is C22H19BrF3N3O2S. The van der Waals surface area contributed by atoms with Crippen LogP contribution in [0, 0.1) is 0 Å². The van der Waals surface area contributed by atoms with E-state index < -0.39 is 11.7 Å². The average molecular weight is 526 g/mol. The van der Waals surface area contributed by atoms with E-state index in [-0.39, 0.29) is 18.4 Å². The Morgan fingerprint density at radius 2 is 1.69 bits per heavy atom. The monoisotopic (exact) mass is 525 g/mol. The van der Waals surface area contributed by atoms with Gasteiger partial charge in [0.15, 0.2) is 0 Å². The van der Waals surface area contributed by atoms with Gasteiger partial charge < -0.3 is 10.2 Å². The molecule has 1 N–H and O–H groups in total. The van der Waals surface area contributed by atoms with Crippen LogP contribution in [-0.2, 0) is 11.0 Å². The van der Waals surface area contributed by atoms with E-state index in [1.807, 2.05) is 17.0 Å². The molecule has 2 aromatic carbocycles. The Hall–Kier alpha value is -2.43. The largest absolute Gasteiger partial charge is 0.416 e. The molecule has 1 aliphatic heterocycles. The van der Waals surface area contributed by atoms with E-state index in [1.54, 1.807) is 17.0 Å². The second-order valence-corrected chi connectivity index (χ2v) is 9.48. The molecule has 1 saturated heterocycles. The van der Waals surface area contributed by atoms with Gasteiger partial charge in [-0.05, 0) is 53.9 Å². The minimum absolute atomic E-state index is 0.128. The molecule has 0 spiro atoms. The standard InChI is InChI=1S/C22H19BrF3N3O2S/c23-16-2-4-17(5-3-16)27-20(30)13-28-7-9-29(10-8-28)21(31)19-12-14-11-15(22(24,25)26)1-6-18(14)32-19/h1-6,11-12H,7-10,13H2,(H,27,30). The molecule has 1 aliphatic rings. The van der Waals surface area contributed by atoms with Crippen LogP contribution in [0.2, 0.25) is 0 Å². The van der Waals surface area contributed by atoms with Gasteiger partial charge in [0, 0.05) is 41.0 Å². The van der Waals surface area contributed by atoms with Crippen LogP contribution in [-0.4, -0.2) is 54.3 Å². The third-order valence-electron chi connectivity index (χ3n) is 5.21. The number of fused-ring (bicyclic) bond motifs is 1.